The lowest BCUT2D eigenvalue weighted by Gasteiger charge is -2.40. The predicted octanol–water partition coefficient (Wildman–Crippen LogP) is 6.07. The summed E-state index contributed by atoms with van der Waals surface area (Å²) in [5.41, 5.74) is 2.05. The second-order valence-electron chi connectivity index (χ2n) is 7.44. The number of benzene rings is 2. The summed E-state index contributed by atoms with van der Waals surface area (Å²) in [6, 6.07) is 15.3. The van der Waals surface area contributed by atoms with E-state index in [1.165, 1.54) is 12.8 Å². The highest BCUT2D eigenvalue weighted by Crippen LogP contribution is 2.31. The first-order chi connectivity index (χ1) is 14.1. The molecule has 2 aromatic carbocycles. The van der Waals surface area contributed by atoms with Gasteiger partial charge in [0.1, 0.15) is 6.10 Å². The van der Waals surface area contributed by atoms with E-state index in [-0.39, 0.29) is 18.2 Å². The Morgan fingerprint density at radius 1 is 1.00 bits per heavy atom. The Labute approximate surface area is 183 Å². The van der Waals surface area contributed by atoms with E-state index >= 15 is 0 Å². The van der Waals surface area contributed by atoms with Crippen LogP contribution in [0.1, 0.15) is 49.8 Å². The van der Waals surface area contributed by atoms with Crippen LogP contribution in [0.3, 0.4) is 0 Å². The standard InChI is InChI=1S/C23H28Cl2N2O2/c1-2-3-4-5-14-26-23(28)27-15-21(16-27)29-22(17-6-10-19(24)11-7-17)18-8-12-20(25)13-9-18/h6-13,21-22H,2-5,14-16H2,1H3,(H,26,28). The first-order valence-corrected chi connectivity index (χ1v) is 11.0. The Kier molecular flexibility index (Phi) is 8.22. The lowest BCUT2D eigenvalue weighted by Crippen LogP contribution is -2.58. The number of nitrogens with zero attached hydrogens (tertiary/aromatic N) is 1. The van der Waals surface area contributed by atoms with E-state index in [1.54, 1.807) is 4.90 Å². The predicted molar refractivity (Wildman–Crippen MR) is 119 cm³/mol. The highest BCUT2D eigenvalue weighted by atomic mass is 35.5. The van der Waals surface area contributed by atoms with E-state index in [2.05, 4.69) is 12.2 Å². The lowest BCUT2D eigenvalue weighted by atomic mass is 10.0. The van der Waals surface area contributed by atoms with E-state index in [9.17, 15) is 4.79 Å². The van der Waals surface area contributed by atoms with E-state index in [4.69, 9.17) is 27.9 Å². The van der Waals surface area contributed by atoms with Gasteiger partial charge in [0.15, 0.2) is 0 Å². The third-order valence-electron chi connectivity index (χ3n) is 5.12. The number of likely N-dealkylation sites (tertiary alicyclic amines) is 1. The molecule has 29 heavy (non-hydrogen) atoms. The van der Waals surface area contributed by atoms with Gasteiger partial charge in [-0.05, 0) is 41.8 Å². The fraction of sp³-hybridized carbons (Fsp3) is 0.435. The van der Waals surface area contributed by atoms with Gasteiger partial charge in [-0.15, -0.1) is 0 Å². The van der Waals surface area contributed by atoms with Gasteiger partial charge in [-0.1, -0.05) is 73.7 Å². The summed E-state index contributed by atoms with van der Waals surface area (Å²) in [6.45, 7) is 4.11. The molecule has 0 bridgehead atoms. The molecule has 2 aromatic rings. The van der Waals surface area contributed by atoms with Crippen molar-refractivity contribution in [3.63, 3.8) is 0 Å². The molecule has 0 radical (unpaired) electrons. The van der Waals surface area contributed by atoms with E-state index < -0.39 is 0 Å². The number of amides is 2. The first kappa shape index (κ1) is 21.9. The average molecular weight is 435 g/mol. The molecule has 1 heterocycles. The highest BCUT2D eigenvalue weighted by molar-refractivity contribution is 6.30. The van der Waals surface area contributed by atoms with Crippen molar-refractivity contribution in [2.75, 3.05) is 19.6 Å². The van der Waals surface area contributed by atoms with Crippen LogP contribution in [-0.4, -0.2) is 36.7 Å². The van der Waals surface area contributed by atoms with Crippen molar-refractivity contribution in [3.05, 3.63) is 69.7 Å². The smallest absolute Gasteiger partial charge is 0.317 e. The number of carbonyl (C=O) groups excluding carboxylic acids is 1. The second-order valence-corrected chi connectivity index (χ2v) is 8.31. The van der Waals surface area contributed by atoms with Gasteiger partial charge in [0.25, 0.3) is 0 Å². The Morgan fingerprint density at radius 2 is 1.55 bits per heavy atom. The van der Waals surface area contributed by atoms with Gasteiger partial charge >= 0.3 is 6.03 Å². The van der Waals surface area contributed by atoms with Gasteiger partial charge in [0.2, 0.25) is 0 Å². The lowest BCUT2D eigenvalue weighted by molar-refractivity contribution is -0.0645. The van der Waals surface area contributed by atoms with Crippen LogP contribution >= 0.6 is 23.2 Å². The molecule has 1 N–H and O–H groups in total. The van der Waals surface area contributed by atoms with Crippen molar-refractivity contribution in [1.82, 2.24) is 10.2 Å². The minimum atomic E-state index is -0.228. The summed E-state index contributed by atoms with van der Waals surface area (Å²) in [5.74, 6) is 0. The number of carbonyl (C=O) groups is 1. The third kappa shape index (κ3) is 6.36. The van der Waals surface area contributed by atoms with Crippen LogP contribution in [0.15, 0.2) is 48.5 Å². The van der Waals surface area contributed by atoms with Crippen LogP contribution in [0.4, 0.5) is 4.79 Å². The van der Waals surface area contributed by atoms with Gasteiger partial charge in [-0.3, -0.25) is 0 Å². The van der Waals surface area contributed by atoms with Crippen LogP contribution in [0, 0.1) is 0 Å². The summed E-state index contributed by atoms with van der Waals surface area (Å²) in [7, 11) is 0. The topological polar surface area (TPSA) is 41.6 Å². The number of hydrogen-bond donors (Lipinski definition) is 1. The zero-order valence-electron chi connectivity index (χ0n) is 16.7. The fourth-order valence-electron chi connectivity index (χ4n) is 3.37. The number of unbranched alkanes of at least 4 members (excludes halogenated alkanes) is 3. The van der Waals surface area contributed by atoms with Crippen LogP contribution < -0.4 is 5.32 Å². The van der Waals surface area contributed by atoms with Gasteiger partial charge in [-0.2, -0.15) is 0 Å². The normalized spacial score (nSPS) is 14.1. The second kappa shape index (κ2) is 10.9. The number of urea groups is 1. The molecule has 6 heteroatoms. The summed E-state index contributed by atoms with van der Waals surface area (Å²) >= 11 is 12.1. The minimum absolute atomic E-state index is 0.00259. The van der Waals surface area contributed by atoms with Gasteiger partial charge < -0.3 is 15.0 Å². The van der Waals surface area contributed by atoms with Crippen molar-refractivity contribution >= 4 is 29.2 Å². The van der Waals surface area contributed by atoms with Crippen molar-refractivity contribution in [2.45, 2.75) is 44.8 Å². The van der Waals surface area contributed by atoms with E-state index in [0.717, 1.165) is 30.5 Å². The van der Waals surface area contributed by atoms with Gasteiger partial charge in [0, 0.05) is 16.6 Å². The van der Waals surface area contributed by atoms with Crippen LogP contribution in [0.5, 0.6) is 0 Å². The highest BCUT2D eigenvalue weighted by Gasteiger charge is 2.33. The number of halogens is 2. The molecule has 3 rings (SSSR count). The van der Waals surface area contributed by atoms with Crippen LogP contribution in [0.25, 0.3) is 0 Å². The van der Waals surface area contributed by atoms with Crippen molar-refractivity contribution in [2.24, 2.45) is 0 Å². The number of rotatable bonds is 9. The van der Waals surface area contributed by atoms with E-state index in [0.29, 0.717) is 23.1 Å². The molecule has 1 fully saturated rings. The molecule has 156 valence electrons. The molecule has 0 unspecified atom stereocenters. The Balaban J connectivity index is 1.55. The summed E-state index contributed by atoms with van der Waals surface area (Å²) in [4.78, 5) is 14.0. The Morgan fingerprint density at radius 3 is 2.07 bits per heavy atom. The zero-order chi connectivity index (χ0) is 20.6. The maximum Gasteiger partial charge on any atom is 0.317 e. The molecular weight excluding hydrogens is 407 g/mol. The Hall–Kier alpha value is -1.75. The molecule has 0 aliphatic carbocycles. The Bertz CT molecular complexity index is 729. The van der Waals surface area contributed by atoms with Crippen LogP contribution in [-0.2, 0) is 4.74 Å². The largest absolute Gasteiger partial charge is 0.362 e. The number of nitrogens with one attached hydrogen (secondary N) is 1. The summed E-state index contributed by atoms with van der Waals surface area (Å²) in [6.07, 6.45) is 4.37. The molecular formula is C23H28Cl2N2O2. The summed E-state index contributed by atoms with van der Waals surface area (Å²) < 4.78 is 6.37. The van der Waals surface area contributed by atoms with E-state index in [1.807, 2.05) is 48.5 Å². The molecule has 1 saturated heterocycles. The molecule has 1 aliphatic rings. The SMILES string of the molecule is CCCCCCNC(=O)N1CC(OC(c2ccc(Cl)cc2)c2ccc(Cl)cc2)C1. The first-order valence-electron chi connectivity index (χ1n) is 10.3. The average Bonchev–Trinajstić information content (AvgIpc) is 2.69. The molecule has 1 aliphatic heterocycles. The number of hydrogen-bond acceptors (Lipinski definition) is 2. The molecule has 0 aromatic heterocycles. The molecule has 2 amide bonds. The monoisotopic (exact) mass is 434 g/mol. The minimum Gasteiger partial charge on any atom is -0.362 e. The maximum absolute atomic E-state index is 12.2. The van der Waals surface area contributed by atoms with Crippen molar-refractivity contribution < 1.29 is 9.53 Å². The fourth-order valence-corrected chi connectivity index (χ4v) is 3.62. The van der Waals surface area contributed by atoms with Crippen LogP contribution in [0.2, 0.25) is 10.0 Å². The van der Waals surface area contributed by atoms with Gasteiger partial charge in [-0.25, -0.2) is 4.79 Å². The van der Waals surface area contributed by atoms with Crippen molar-refractivity contribution in [3.8, 4) is 0 Å². The molecule has 0 saturated carbocycles. The third-order valence-corrected chi connectivity index (χ3v) is 5.62. The molecule has 0 spiro atoms. The summed E-state index contributed by atoms with van der Waals surface area (Å²) in [5, 5.41) is 4.37. The quantitative estimate of drug-likeness (QED) is 0.486. The number of ether oxygens (including phenoxy) is 1. The zero-order valence-corrected chi connectivity index (χ0v) is 18.3. The molecule has 0 atom stereocenters. The molecule has 4 nitrogen and oxygen atoms in total. The van der Waals surface area contributed by atoms with Gasteiger partial charge in [0.05, 0.1) is 19.2 Å². The maximum atomic E-state index is 12.2. The van der Waals surface area contributed by atoms with Crippen molar-refractivity contribution in [1.29, 1.82) is 0 Å².